The summed E-state index contributed by atoms with van der Waals surface area (Å²) in [7, 11) is -4.05. The Bertz CT molecular complexity index is 1780. The average molecular weight is 635 g/mol. The summed E-state index contributed by atoms with van der Waals surface area (Å²) in [6, 6.07) is 52.1. The number of rotatable bonds is 10. The van der Waals surface area contributed by atoms with Crippen LogP contribution >= 0.6 is 0 Å². The topological polar surface area (TPSA) is 59.1 Å². The summed E-state index contributed by atoms with van der Waals surface area (Å²) in [6.45, 7) is 3.97. The van der Waals surface area contributed by atoms with E-state index >= 15 is 0 Å². The van der Waals surface area contributed by atoms with Crippen LogP contribution in [0.1, 0.15) is 31.8 Å². The van der Waals surface area contributed by atoms with Gasteiger partial charge in [-0.2, -0.15) is 10.1 Å². The van der Waals surface area contributed by atoms with Gasteiger partial charge in [-0.3, -0.25) is 18.6 Å². The molecule has 6 aromatic carbocycles. The quantitative estimate of drug-likeness (QED) is 0.116. The third-order valence-corrected chi connectivity index (χ3v) is 10.8. The Labute approximate surface area is 276 Å². The lowest BCUT2D eigenvalue weighted by atomic mass is 10.2. The Kier molecular flexibility index (Phi) is 9.50. The maximum atomic E-state index is 14.4. The Morgan fingerprint density at radius 2 is 0.723 bits per heavy atom. The molecule has 6 nitrogen and oxygen atoms in total. The number of amides is 2. The lowest BCUT2D eigenvalue weighted by molar-refractivity contribution is 0.0756. The van der Waals surface area contributed by atoms with Crippen LogP contribution in [-0.4, -0.2) is 20.4 Å². The zero-order valence-corrected chi connectivity index (χ0v) is 27.2. The lowest BCUT2D eigenvalue weighted by Gasteiger charge is -2.38. The highest BCUT2D eigenvalue weighted by Crippen LogP contribution is 2.27. The number of carbonyl (C=O) groups excluding carboxylic acids is 2. The first-order valence-electron chi connectivity index (χ1n) is 15.4. The van der Waals surface area contributed by atoms with E-state index in [1.807, 2.05) is 159 Å². The molecule has 232 valence electrons. The first-order valence-corrected chi connectivity index (χ1v) is 17.2. The summed E-state index contributed by atoms with van der Waals surface area (Å²) in [6.07, 6.45) is 0. The summed E-state index contributed by atoms with van der Waals surface area (Å²) in [5.41, 5.74) is 3.98. The molecule has 0 bridgehead atoms. The average Bonchev–Trinajstić information content (AvgIpc) is 3.14. The summed E-state index contributed by atoms with van der Waals surface area (Å²) >= 11 is 0. The number of carbonyl (C=O) groups is 2. The van der Waals surface area contributed by atoms with E-state index in [9.17, 15) is 9.59 Å². The van der Waals surface area contributed by atoms with E-state index in [1.54, 1.807) is 24.3 Å². The maximum Gasteiger partial charge on any atom is 0.456 e. The number of hydrogen-bond donors (Lipinski definition) is 0. The molecule has 0 fully saturated rings. The number of hydroxylamine groups is 2. The Morgan fingerprint density at radius 1 is 0.426 bits per heavy atom. The Morgan fingerprint density at radius 3 is 1.04 bits per heavy atom. The van der Waals surface area contributed by atoms with Crippen LogP contribution in [0.25, 0.3) is 0 Å². The monoisotopic (exact) mass is 634 g/mol. The number of anilines is 2. The minimum atomic E-state index is -4.05. The molecule has 6 rings (SSSR count). The normalized spacial score (nSPS) is 11.1. The van der Waals surface area contributed by atoms with E-state index in [1.165, 1.54) is 10.1 Å². The van der Waals surface area contributed by atoms with Gasteiger partial charge in [0.15, 0.2) is 0 Å². The van der Waals surface area contributed by atoms with Crippen molar-refractivity contribution in [3.63, 3.8) is 0 Å². The van der Waals surface area contributed by atoms with Gasteiger partial charge in [-0.05, 0) is 62.4 Å². The molecule has 0 N–H and O–H groups in total. The fraction of sp³-hybridized carbons (Fsp3) is 0.0500. The Balaban J connectivity index is 1.59. The molecule has 0 aliphatic rings. The number of benzene rings is 6. The molecular formula is C40H34N2O4Si. The van der Waals surface area contributed by atoms with Crippen LogP contribution in [0.3, 0.4) is 0 Å². The van der Waals surface area contributed by atoms with Gasteiger partial charge < -0.3 is 0 Å². The highest BCUT2D eigenvalue weighted by molar-refractivity contribution is 6.93. The van der Waals surface area contributed by atoms with Crippen molar-refractivity contribution in [1.82, 2.24) is 0 Å². The van der Waals surface area contributed by atoms with E-state index in [-0.39, 0.29) is 11.8 Å². The number of aryl methyl sites for hydroxylation is 2. The van der Waals surface area contributed by atoms with Gasteiger partial charge in [-0.15, -0.1) is 0 Å². The van der Waals surface area contributed by atoms with Crippen molar-refractivity contribution >= 4 is 42.1 Å². The molecule has 0 unspecified atom stereocenters. The molecule has 0 radical (unpaired) electrons. The largest absolute Gasteiger partial charge is 0.456 e. The van der Waals surface area contributed by atoms with Gasteiger partial charge in [-0.25, -0.2) is 0 Å². The Hall–Kier alpha value is -5.60. The van der Waals surface area contributed by atoms with Crippen LogP contribution in [0.5, 0.6) is 0 Å². The predicted molar refractivity (Wildman–Crippen MR) is 189 cm³/mol. The molecule has 0 saturated carbocycles. The van der Waals surface area contributed by atoms with Gasteiger partial charge >= 0.3 is 8.56 Å². The minimum Gasteiger partial charge on any atom is -0.266 e. The van der Waals surface area contributed by atoms with Gasteiger partial charge in [0, 0.05) is 21.5 Å². The second-order valence-corrected chi connectivity index (χ2v) is 13.9. The first kappa shape index (κ1) is 31.4. The lowest BCUT2D eigenvalue weighted by Crippen LogP contribution is -2.69. The molecule has 7 heteroatoms. The first-order chi connectivity index (χ1) is 22.9. The molecule has 47 heavy (non-hydrogen) atoms. The van der Waals surface area contributed by atoms with Crippen LogP contribution in [0.4, 0.5) is 11.4 Å². The zero-order valence-electron chi connectivity index (χ0n) is 26.2. The van der Waals surface area contributed by atoms with E-state index in [4.69, 9.17) is 9.05 Å². The van der Waals surface area contributed by atoms with Crippen molar-refractivity contribution in [1.29, 1.82) is 0 Å². The second-order valence-electron chi connectivity index (χ2n) is 11.1. The van der Waals surface area contributed by atoms with E-state index in [2.05, 4.69) is 0 Å². The predicted octanol–water partition coefficient (Wildman–Crippen LogP) is 7.42. The third-order valence-electron chi connectivity index (χ3n) is 7.69. The molecule has 0 aliphatic carbocycles. The molecule has 0 aromatic heterocycles. The van der Waals surface area contributed by atoms with Crippen molar-refractivity contribution in [2.24, 2.45) is 0 Å². The van der Waals surface area contributed by atoms with Crippen LogP contribution < -0.4 is 20.5 Å². The molecule has 0 saturated heterocycles. The molecule has 6 aromatic rings. The van der Waals surface area contributed by atoms with Crippen molar-refractivity contribution in [2.75, 3.05) is 10.1 Å². The van der Waals surface area contributed by atoms with Crippen LogP contribution in [0.15, 0.2) is 170 Å². The van der Waals surface area contributed by atoms with Gasteiger partial charge in [0.05, 0.1) is 11.4 Å². The highest BCUT2D eigenvalue weighted by Gasteiger charge is 2.50. The molecule has 0 spiro atoms. The molecular weight excluding hydrogens is 601 g/mol. The fourth-order valence-corrected chi connectivity index (χ4v) is 8.09. The van der Waals surface area contributed by atoms with Crippen LogP contribution in [-0.2, 0) is 9.05 Å². The maximum absolute atomic E-state index is 14.4. The SMILES string of the molecule is Cc1ccc(N(O[Si](ON(C(=O)c2ccccc2)c2ccc(C)cc2)(c2ccccc2)c2ccccc2)C(=O)c2ccccc2)cc1. The van der Waals surface area contributed by atoms with E-state index in [0.29, 0.717) is 32.9 Å². The van der Waals surface area contributed by atoms with Gasteiger partial charge in [0.25, 0.3) is 11.8 Å². The molecule has 2 amide bonds. The standard InChI is InChI=1S/C40H34N2O4Si/c1-31-23-27-35(28-24-31)41(39(43)33-15-7-3-8-16-33)45-47(37-19-11-5-12-20-37,38-21-13-6-14-22-38)46-42(36-29-25-32(2)26-30-36)40(44)34-17-9-4-10-18-34/h3-30H,1-2H3. The third kappa shape index (κ3) is 6.98. The molecule has 0 aliphatic heterocycles. The van der Waals surface area contributed by atoms with Crippen molar-refractivity contribution in [2.45, 2.75) is 13.8 Å². The van der Waals surface area contributed by atoms with Crippen molar-refractivity contribution < 1.29 is 18.6 Å². The van der Waals surface area contributed by atoms with Gasteiger partial charge in [-0.1, -0.05) is 132 Å². The van der Waals surface area contributed by atoms with Crippen molar-refractivity contribution in [3.05, 3.63) is 192 Å². The summed E-state index contributed by atoms with van der Waals surface area (Å²) in [4.78, 5) is 28.8. The van der Waals surface area contributed by atoms with E-state index < -0.39 is 8.56 Å². The fourth-order valence-electron chi connectivity index (χ4n) is 5.15. The van der Waals surface area contributed by atoms with Gasteiger partial charge in [0.2, 0.25) is 0 Å². The summed E-state index contributed by atoms with van der Waals surface area (Å²) in [5.74, 6) is -0.754. The zero-order chi connectivity index (χ0) is 32.6. The highest BCUT2D eigenvalue weighted by atomic mass is 28.4. The van der Waals surface area contributed by atoms with Crippen LogP contribution in [0, 0.1) is 13.8 Å². The minimum absolute atomic E-state index is 0.377. The van der Waals surface area contributed by atoms with Crippen molar-refractivity contribution in [3.8, 4) is 0 Å². The molecule has 0 heterocycles. The van der Waals surface area contributed by atoms with E-state index in [0.717, 1.165) is 11.1 Å². The summed E-state index contributed by atoms with van der Waals surface area (Å²) < 4.78 is 14.2. The number of nitrogens with zero attached hydrogens (tertiary/aromatic N) is 2. The second kappa shape index (κ2) is 14.2. The van der Waals surface area contributed by atoms with Crippen LogP contribution in [0.2, 0.25) is 0 Å². The van der Waals surface area contributed by atoms with Gasteiger partial charge in [0.1, 0.15) is 0 Å². The number of hydrogen-bond acceptors (Lipinski definition) is 4. The summed E-state index contributed by atoms with van der Waals surface area (Å²) in [5, 5.41) is 4.01. The molecule has 0 atom stereocenters. The smallest absolute Gasteiger partial charge is 0.266 e.